The highest BCUT2D eigenvalue weighted by molar-refractivity contribution is 5.96. The summed E-state index contributed by atoms with van der Waals surface area (Å²) in [4.78, 5) is 17.8. The molecule has 28 heavy (non-hydrogen) atoms. The van der Waals surface area contributed by atoms with Crippen molar-refractivity contribution in [3.05, 3.63) is 29.6 Å². The molecule has 154 valence electrons. The molecule has 0 aliphatic carbocycles. The normalized spacial score (nSPS) is 22.1. The molecule has 3 aliphatic rings. The predicted molar refractivity (Wildman–Crippen MR) is 107 cm³/mol. The maximum Gasteiger partial charge on any atom is 0.270 e. The number of aromatic nitrogens is 1. The van der Waals surface area contributed by atoms with Gasteiger partial charge in [0, 0.05) is 56.8 Å². The minimum atomic E-state index is -0.468. The molecular formula is C21H31N3O4. The molecule has 4 heterocycles. The number of nitrogens with zero attached hydrogens (tertiary/aromatic N) is 3. The first-order chi connectivity index (χ1) is 13.6. The minimum absolute atomic E-state index is 0.0924. The smallest absolute Gasteiger partial charge is 0.270 e. The van der Waals surface area contributed by atoms with Gasteiger partial charge in [-0.05, 0) is 13.8 Å². The van der Waals surface area contributed by atoms with E-state index in [1.807, 2.05) is 11.0 Å². The Bertz CT molecular complexity index is 735. The molecule has 1 aromatic heterocycles. The van der Waals surface area contributed by atoms with Crippen LogP contribution in [0.1, 0.15) is 34.6 Å². The summed E-state index contributed by atoms with van der Waals surface area (Å²) in [5.41, 5.74) is 4.13. The number of allylic oxidation sites excluding steroid dienone is 1. The molecule has 0 atom stereocenters. The summed E-state index contributed by atoms with van der Waals surface area (Å²) in [6.45, 7) is 14.5. The highest BCUT2D eigenvalue weighted by atomic mass is 16.7. The molecule has 0 radical (unpaired) electrons. The van der Waals surface area contributed by atoms with Crippen LogP contribution >= 0.6 is 0 Å². The molecule has 7 heteroatoms. The van der Waals surface area contributed by atoms with Crippen LogP contribution < -0.4 is 4.90 Å². The highest BCUT2D eigenvalue weighted by Crippen LogP contribution is 2.35. The lowest BCUT2D eigenvalue weighted by Gasteiger charge is -2.37. The first kappa shape index (κ1) is 19.5. The van der Waals surface area contributed by atoms with Crippen molar-refractivity contribution in [1.29, 1.82) is 0 Å². The highest BCUT2D eigenvalue weighted by Gasteiger charge is 2.41. The molecule has 1 spiro atoms. The molecule has 0 N–H and O–H groups in total. The van der Waals surface area contributed by atoms with Gasteiger partial charge in [0.15, 0.2) is 5.79 Å². The fourth-order valence-corrected chi connectivity index (χ4v) is 4.75. The quantitative estimate of drug-likeness (QED) is 0.739. The number of rotatable bonds is 4. The molecule has 1 amide bonds. The molecule has 0 unspecified atom stereocenters. The molecular weight excluding hydrogens is 358 g/mol. The van der Waals surface area contributed by atoms with Gasteiger partial charge in [0.25, 0.3) is 5.91 Å². The van der Waals surface area contributed by atoms with Crippen LogP contribution in [-0.2, 0) is 20.8 Å². The van der Waals surface area contributed by atoms with Crippen LogP contribution in [0.2, 0.25) is 0 Å². The summed E-state index contributed by atoms with van der Waals surface area (Å²) < 4.78 is 19.2. The summed E-state index contributed by atoms with van der Waals surface area (Å²) in [5, 5.41) is 0. The second kappa shape index (κ2) is 7.89. The van der Waals surface area contributed by atoms with Crippen LogP contribution in [0.5, 0.6) is 0 Å². The summed E-state index contributed by atoms with van der Waals surface area (Å²) in [6, 6.07) is 0. The zero-order valence-corrected chi connectivity index (χ0v) is 17.0. The molecule has 3 fully saturated rings. The van der Waals surface area contributed by atoms with Gasteiger partial charge in [-0.25, -0.2) is 0 Å². The van der Waals surface area contributed by atoms with E-state index in [-0.39, 0.29) is 5.91 Å². The third kappa shape index (κ3) is 3.36. The van der Waals surface area contributed by atoms with Gasteiger partial charge in [-0.1, -0.05) is 6.08 Å². The van der Waals surface area contributed by atoms with Gasteiger partial charge < -0.3 is 28.6 Å². The van der Waals surface area contributed by atoms with E-state index >= 15 is 0 Å². The largest absolute Gasteiger partial charge is 0.378 e. The van der Waals surface area contributed by atoms with Crippen molar-refractivity contribution in [2.45, 2.75) is 39.0 Å². The Labute approximate surface area is 166 Å². The van der Waals surface area contributed by atoms with Crippen molar-refractivity contribution in [3.63, 3.8) is 0 Å². The average Bonchev–Trinajstić information content (AvgIpc) is 3.26. The van der Waals surface area contributed by atoms with Crippen molar-refractivity contribution in [3.8, 4) is 0 Å². The summed E-state index contributed by atoms with van der Waals surface area (Å²) >= 11 is 0. The Morgan fingerprint density at radius 1 is 1.07 bits per heavy atom. The molecule has 7 nitrogen and oxygen atoms in total. The van der Waals surface area contributed by atoms with Gasteiger partial charge in [-0.3, -0.25) is 4.79 Å². The molecule has 3 saturated heterocycles. The van der Waals surface area contributed by atoms with Gasteiger partial charge in [-0.2, -0.15) is 0 Å². The lowest BCUT2D eigenvalue weighted by Crippen LogP contribution is -2.47. The van der Waals surface area contributed by atoms with Crippen LogP contribution in [0, 0.1) is 13.8 Å². The number of likely N-dealkylation sites (tertiary alicyclic amines) is 1. The molecule has 1 aromatic rings. The van der Waals surface area contributed by atoms with E-state index in [9.17, 15) is 4.79 Å². The second-order valence-electron chi connectivity index (χ2n) is 7.81. The fourth-order valence-electron chi connectivity index (χ4n) is 4.75. The lowest BCUT2D eigenvalue weighted by atomic mass is 10.0. The van der Waals surface area contributed by atoms with Crippen molar-refractivity contribution in [2.75, 3.05) is 57.5 Å². The topological polar surface area (TPSA) is 56.2 Å². The zero-order valence-electron chi connectivity index (χ0n) is 17.0. The number of morpholine rings is 1. The molecule has 0 saturated carbocycles. The number of hydrogen-bond acceptors (Lipinski definition) is 5. The van der Waals surface area contributed by atoms with E-state index in [0.717, 1.165) is 56.1 Å². The van der Waals surface area contributed by atoms with Crippen LogP contribution in [0.15, 0.2) is 12.7 Å². The Balaban J connectivity index is 1.60. The van der Waals surface area contributed by atoms with Crippen molar-refractivity contribution in [1.82, 2.24) is 9.47 Å². The Morgan fingerprint density at radius 2 is 1.71 bits per heavy atom. The number of ether oxygens (including phenoxy) is 3. The molecule has 0 bridgehead atoms. The Hall–Kier alpha value is -1.83. The zero-order chi connectivity index (χ0) is 19.7. The number of piperidine rings is 1. The van der Waals surface area contributed by atoms with E-state index in [4.69, 9.17) is 14.2 Å². The lowest BCUT2D eigenvalue weighted by molar-refractivity contribution is -0.181. The van der Waals surface area contributed by atoms with Gasteiger partial charge >= 0.3 is 0 Å². The Kier molecular flexibility index (Phi) is 5.49. The van der Waals surface area contributed by atoms with Crippen molar-refractivity contribution < 1.29 is 19.0 Å². The van der Waals surface area contributed by atoms with E-state index in [1.165, 1.54) is 5.69 Å². The average molecular weight is 389 g/mol. The standard InChI is InChI=1S/C21H31N3O4/c1-4-7-24-17(3)18(22-10-12-26-13-11-22)16(2)19(24)20(25)23-8-5-21(6-9-23)27-14-15-28-21/h4H,1,5-15H2,2-3H3. The number of anilines is 1. The van der Waals surface area contributed by atoms with Crippen LogP contribution in [-0.4, -0.2) is 73.8 Å². The fraction of sp³-hybridized carbons (Fsp3) is 0.667. The molecule has 3 aliphatic heterocycles. The van der Waals surface area contributed by atoms with Gasteiger partial charge in [0.1, 0.15) is 5.69 Å². The molecule has 0 aromatic carbocycles. The summed E-state index contributed by atoms with van der Waals surface area (Å²) in [5.74, 6) is -0.376. The summed E-state index contributed by atoms with van der Waals surface area (Å²) in [6.07, 6.45) is 3.32. The van der Waals surface area contributed by atoms with E-state index in [1.54, 1.807) is 0 Å². The van der Waals surface area contributed by atoms with Gasteiger partial charge in [-0.15, -0.1) is 6.58 Å². The van der Waals surface area contributed by atoms with Crippen LogP contribution in [0.3, 0.4) is 0 Å². The van der Waals surface area contributed by atoms with Gasteiger partial charge in [0.05, 0.1) is 32.1 Å². The summed E-state index contributed by atoms with van der Waals surface area (Å²) in [7, 11) is 0. The van der Waals surface area contributed by atoms with Crippen LogP contribution in [0.25, 0.3) is 0 Å². The maximum atomic E-state index is 13.5. The van der Waals surface area contributed by atoms with E-state index in [2.05, 4.69) is 29.9 Å². The Morgan fingerprint density at radius 3 is 2.32 bits per heavy atom. The first-order valence-corrected chi connectivity index (χ1v) is 10.3. The predicted octanol–water partition coefficient (Wildman–Crippen LogP) is 2.11. The third-order valence-electron chi connectivity index (χ3n) is 6.20. The van der Waals surface area contributed by atoms with Crippen molar-refractivity contribution in [2.24, 2.45) is 0 Å². The second-order valence-corrected chi connectivity index (χ2v) is 7.81. The first-order valence-electron chi connectivity index (χ1n) is 10.3. The SMILES string of the molecule is C=CCn1c(C)c(N2CCOCC2)c(C)c1C(=O)N1CCC2(CC1)OCCO2. The number of hydrogen-bond donors (Lipinski definition) is 0. The third-order valence-corrected chi connectivity index (χ3v) is 6.20. The van der Waals surface area contributed by atoms with Crippen LogP contribution in [0.4, 0.5) is 5.69 Å². The molecule has 4 rings (SSSR count). The van der Waals surface area contributed by atoms with E-state index in [0.29, 0.717) is 32.8 Å². The number of carbonyl (C=O) groups excluding carboxylic acids is 1. The maximum absolute atomic E-state index is 13.5. The number of carbonyl (C=O) groups is 1. The van der Waals surface area contributed by atoms with Crippen molar-refractivity contribution >= 4 is 11.6 Å². The number of amides is 1. The van der Waals surface area contributed by atoms with Gasteiger partial charge in [0.2, 0.25) is 0 Å². The van der Waals surface area contributed by atoms with E-state index < -0.39 is 5.79 Å². The monoisotopic (exact) mass is 389 g/mol. The minimum Gasteiger partial charge on any atom is -0.378 e.